The number of aliphatic hydroxyl groups is 1. The number of furan rings is 1. The summed E-state index contributed by atoms with van der Waals surface area (Å²) in [6.45, 7) is 0.286. The van der Waals surface area contributed by atoms with Crippen LogP contribution in [-0.2, 0) is 11.3 Å². The lowest BCUT2D eigenvalue weighted by atomic mass is 10.2. The van der Waals surface area contributed by atoms with Gasteiger partial charge in [0.1, 0.15) is 24.1 Å². The van der Waals surface area contributed by atoms with Gasteiger partial charge in [0.2, 0.25) is 0 Å². The van der Waals surface area contributed by atoms with E-state index in [1.807, 2.05) is 18.2 Å². The first-order chi connectivity index (χ1) is 10.8. The molecule has 0 aliphatic heterocycles. The number of ether oxygens (including phenoxy) is 1. The number of rotatable bonds is 6. The first-order valence-corrected chi connectivity index (χ1v) is 6.83. The number of aliphatic hydroxyl groups excluding tert-OH is 1. The molecule has 0 amide bonds. The number of aromatic nitrogens is 4. The SMILES string of the molecule is COC[C@H](c1ccccn1)n1cc(-c2ccc(CO)o2)nn1. The second-order valence-electron chi connectivity index (χ2n) is 4.73. The summed E-state index contributed by atoms with van der Waals surface area (Å²) in [6, 6.07) is 9.00. The standard InChI is InChI=1S/C15H16N4O3/c1-21-10-14(12-4-2-3-7-16-12)19-8-13(17-18-19)15-6-5-11(9-20)22-15/h2-8,14,20H,9-10H2,1H3/t14-/m1/s1. The minimum atomic E-state index is -0.167. The van der Waals surface area contributed by atoms with E-state index in [9.17, 15) is 0 Å². The maximum absolute atomic E-state index is 9.05. The highest BCUT2D eigenvalue weighted by molar-refractivity contribution is 5.50. The average molecular weight is 300 g/mol. The molecule has 0 spiro atoms. The average Bonchev–Trinajstić information content (AvgIpc) is 3.22. The van der Waals surface area contributed by atoms with Crippen molar-refractivity contribution in [2.24, 2.45) is 0 Å². The van der Waals surface area contributed by atoms with Crippen molar-refractivity contribution in [1.29, 1.82) is 0 Å². The normalized spacial score (nSPS) is 12.5. The van der Waals surface area contributed by atoms with Gasteiger partial charge in [-0.25, -0.2) is 4.68 Å². The summed E-state index contributed by atoms with van der Waals surface area (Å²) in [5.74, 6) is 1.05. The molecule has 7 nitrogen and oxygen atoms in total. The monoisotopic (exact) mass is 300 g/mol. The first-order valence-electron chi connectivity index (χ1n) is 6.83. The third-order valence-electron chi connectivity index (χ3n) is 3.25. The van der Waals surface area contributed by atoms with Crippen molar-refractivity contribution >= 4 is 0 Å². The Bertz CT molecular complexity index is 723. The molecule has 0 aliphatic carbocycles. The summed E-state index contributed by atoms with van der Waals surface area (Å²) >= 11 is 0. The van der Waals surface area contributed by atoms with Gasteiger partial charge >= 0.3 is 0 Å². The number of nitrogens with zero attached hydrogens (tertiary/aromatic N) is 4. The van der Waals surface area contributed by atoms with Crippen LogP contribution in [0.15, 0.2) is 47.1 Å². The van der Waals surface area contributed by atoms with Crippen LogP contribution >= 0.6 is 0 Å². The lowest BCUT2D eigenvalue weighted by Gasteiger charge is -2.14. The number of hydrogen-bond acceptors (Lipinski definition) is 6. The Morgan fingerprint density at radius 2 is 2.23 bits per heavy atom. The van der Waals surface area contributed by atoms with Gasteiger partial charge in [-0.1, -0.05) is 11.3 Å². The van der Waals surface area contributed by atoms with E-state index in [1.54, 1.807) is 36.3 Å². The number of hydrogen-bond donors (Lipinski definition) is 1. The highest BCUT2D eigenvalue weighted by Crippen LogP contribution is 2.22. The summed E-state index contributed by atoms with van der Waals surface area (Å²) in [5.41, 5.74) is 1.44. The topological polar surface area (TPSA) is 86.2 Å². The smallest absolute Gasteiger partial charge is 0.156 e. The zero-order valence-electron chi connectivity index (χ0n) is 12.1. The minimum absolute atomic E-state index is 0.144. The van der Waals surface area contributed by atoms with Crippen LogP contribution in [0, 0.1) is 0 Å². The van der Waals surface area contributed by atoms with Crippen molar-refractivity contribution in [3.63, 3.8) is 0 Å². The molecule has 114 valence electrons. The summed E-state index contributed by atoms with van der Waals surface area (Å²) < 4.78 is 12.4. The molecule has 3 rings (SSSR count). The van der Waals surface area contributed by atoms with Gasteiger partial charge in [-0.3, -0.25) is 4.98 Å². The van der Waals surface area contributed by atoms with E-state index in [4.69, 9.17) is 14.3 Å². The van der Waals surface area contributed by atoms with Gasteiger partial charge in [0.25, 0.3) is 0 Å². The summed E-state index contributed by atoms with van der Waals surface area (Å²) in [4.78, 5) is 4.35. The van der Waals surface area contributed by atoms with Crippen LogP contribution < -0.4 is 0 Å². The number of methoxy groups -OCH3 is 1. The Kier molecular flexibility index (Phi) is 4.27. The molecule has 22 heavy (non-hydrogen) atoms. The van der Waals surface area contributed by atoms with Crippen molar-refractivity contribution in [3.8, 4) is 11.5 Å². The lowest BCUT2D eigenvalue weighted by molar-refractivity contribution is 0.162. The third-order valence-corrected chi connectivity index (χ3v) is 3.25. The van der Waals surface area contributed by atoms with E-state index in [1.165, 1.54) is 0 Å². The van der Waals surface area contributed by atoms with Gasteiger partial charge in [0, 0.05) is 13.3 Å². The van der Waals surface area contributed by atoms with E-state index in [-0.39, 0.29) is 12.6 Å². The highest BCUT2D eigenvalue weighted by atomic mass is 16.5. The van der Waals surface area contributed by atoms with Crippen LogP contribution in [0.4, 0.5) is 0 Å². The van der Waals surface area contributed by atoms with Crippen molar-refractivity contribution in [2.75, 3.05) is 13.7 Å². The second-order valence-corrected chi connectivity index (χ2v) is 4.73. The van der Waals surface area contributed by atoms with Crippen LogP contribution in [-0.4, -0.2) is 38.8 Å². The van der Waals surface area contributed by atoms with Crippen molar-refractivity contribution < 1.29 is 14.3 Å². The molecule has 0 bridgehead atoms. The van der Waals surface area contributed by atoms with Gasteiger partial charge in [-0.05, 0) is 24.3 Å². The van der Waals surface area contributed by atoms with Crippen LogP contribution in [0.3, 0.4) is 0 Å². The molecule has 3 heterocycles. The fourth-order valence-electron chi connectivity index (χ4n) is 2.17. The maximum atomic E-state index is 9.05. The Labute approximate surface area is 127 Å². The van der Waals surface area contributed by atoms with Crippen LogP contribution in [0.1, 0.15) is 17.5 Å². The highest BCUT2D eigenvalue weighted by Gasteiger charge is 2.18. The molecule has 1 N–H and O–H groups in total. The molecule has 3 aromatic heterocycles. The maximum Gasteiger partial charge on any atom is 0.156 e. The molecule has 0 fully saturated rings. The minimum Gasteiger partial charge on any atom is -0.457 e. The molecule has 0 saturated carbocycles. The fraction of sp³-hybridized carbons (Fsp3) is 0.267. The van der Waals surface area contributed by atoms with Gasteiger partial charge in [-0.15, -0.1) is 5.10 Å². The molecule has 3 aromatic rings. The summed E-state index contributed by atoms with van der Waals surface area (Å²) in [6.07, 6.45) is 3.51. The molecular weight excluding hydrogens is 284 g/mol. The fourth-order valence-corrected chi connectivity index (χ4v) is 2.17. The number of pyridine rings is 1. The molecular formula is C15H16N4O3. The quantitative estimate of drug-likeness (QED) is 0.745. The second kappa shape index (κ2) is 6.50. The van der Waals surface area contributed by atoms with Gasteiger partial charge in [0.15, 0.2) is 5.76 Å². The van der Waals surface area contributed by atoms with Gasteiger partial charge in [0.05, 0.1) is 18.5 Å². The molecule has 7 heteroatoms. The molecule has 0 saturated heterocycles. The zero-order valence-corrected chi connectivity index (χ0v) is 12.1. The predicted octanol–water partition coefficient (Wildman–Crippen LogP) is 1.66. The van der Waals surface area contributed by atoms with Gasteiger partial charge < -0.3 is 14.3 Å². The van der Waals surface area contributed by atoms with E-state index < -0.39 is 0 Å². The van der Waals surface area contributed by atoms with E-state index in [0.29, 0.717) is 23.8 Å². The Balaban J connectivity index is 1.90. The van der Waals surface area contributed by atoms with Crippen molar-refractivity contribution in [1.82, 2.24) is 20.0 Å². The molecule has 0 aromatic carbocycles. The molecule has 0 unspecified atom stereocenters. The Morgan fingerprint density at radius 1 is 1.32 bits per heavy atom. The van der Waals surface area contributed by atoms with Crippen LogP contribution in [0.5, 0.6) is 0 Å². The molecule has 0 radical (unpaired) electrons. The molecule has 1 atom stereocenters. The Hall–Kier alpha value is -2.51. The van der Waals surface area contributed by atoms with Crippen LogP contribution in [0.2, 0.25) is 0 Å². The largest absolute Gasteiger partial charge is 0.457 e. The zero-order chi connectivity index (χ0) is 15.4. The molecule has 0 aliphatic rings. The van der Waals surface area contributed by atoms with E-state index in [2.05, 4.69) is 15.3 Å². The van der Waals surface area contributed by atoms with Crippen molar-refractivity contribution in [2.45, 2.75) is 12.6 Å². The Morgan fingerprint density at radius 3 is 2.91 bits per heavy atom. The predicted molar refractivity (Wildman–Crippen MR) is 77.9 cm³/mol. The van der Waals surface area contributed by atoms with Crippen molar-refractivity contribution in [3.05, 3.63) is 54.2 Å². The van der Waals surface area contributed by atoms with Gasteiger partial charge in [-0.2, -0.15) is 0 Å². The van der Waals surface area contributed by atoms with E-state index in [0.717, 1.165) is 5.69 Å². The first kappa shape index (κ1) is 14.4. The summed E-state index contributed by atoms with van der Waals surface area (Å²) in [7, 11) is 1.63. The van der Waals surface area contributed by atoms with Crippen LogP contribution in [0.25, 0.3) is 11.5 Å². The summed E-state index contributed by atoms with van der Waals surface area (Å²) in [5, 5.41) is 17.3. The lowest BCUT2D eigenvalue weighted by Crippen LogP contribution is -2.18. The van der Waals surface area contributed by atoms with E-state index >= 15 is 0 Å². The third kappa shape index (κ3) is 2.90.